The van der Waals surface area contributed by atoms with Gasteiger partial charge in [0.25, 0.3) is 0 Å². The van der Waals surface area contributed by atoms with Crippen LogP contribution in [-0.2, 0) is 38.1 Å². The van der Waals surface area contributed by atoms with E-state index in [9.17, 15) is 14.4 Å². The summed E-state index contributed by atoms with van der Waals surface area (Å²) in [7, 11) is 0. The molecule has 0 amide bonds. The van der Waals surface area contributed by atoms with Crippen molar-refractivity contribution in [3.05, 3.63) is 0 Å². The summed E-state index contributed by atoms with van der Waals surface area (Å²) in [5.41, 5.74) is 0. The third-order valence-corrected chi connectivity index (χ3v) is 8.26. The highest BCUT2D eigenvalue weighted by Crippen LogP contribution is 2.19. The molecule has 2 heterocycles. The van der Waals surface area contributed by atoms with Crippen LogP contribution < -0.4 is 0 Å². The summed E-state index contributed by atoms with van der Waals surface area (Å²) in [4.78, 5) is 37.1. The Balaban J connectivity index is 1.58. The Morgan fingerprint density at radius 1 is 0.535 bits per heavy atom. The van der Waals surface area contributed by atoms with E-state index in [0.717, 1.165) is 96.7 Å². The minimum atomic E-state index is -0.772. The van der Waals surface area contributed by atoms with Crippen LogP contribution in [0.3, 0.4) is 0 Å². The number of hydrogen-bond donors (Lipinski definition) is 0. The molecule has 0 aromatic heterocycles. The second kappa shape index (κ2) is 25.6. The van der Waals surface area contributed by atoms with Gasteiger partial charge in [0.15, 0.2) is 6.10 Å². The Labute approximate surface area is 261 Å². The van der Waals surface area contributed by atoms with Crippen molar-refractivity contribution in [3.8, 4) is 0 Å². The SMILES string of the molecule is CCCCCCCCCCCC(=O)OCC(COC(=O)CCCCCCCC1CO1)OC(=O)CCCCCCCC1CO1. The molecule has 3 unspecified atom stereocenters. The minimum Gasteiger partial charge on any atom is -0.462 e. The van der Waals surface area contributed by atoms with Gasteiger partial charge in [-0.3, -0.25) is 14.4 Å². The molecule has 0 aromatic carbocycles. The maximum Gasteiger partial charge on any atom is 0.306 e. The van der Waals surface area contributed by atoms with Gasteiger partial charge in [-0.25, -0.2) is 0 Å². The molecule has 2 saturated heterocycles. The molecule has 250 valence electrons. The number of unbranched alkanes of at least 4 members (excludes halogenated alkanes) is 16. The quantitative estimate of drug-likeness (QED) is 0.0335. The van der Waals surface area contributed by atoms with E-state index in [2.05, 4.69) is 6.92 Å². The van der Waals surface area contributed by atoms with Gasteiger partial charge >= 0.3 is 17.9 Å². The molecule has 0 bridgehead atoms. The Morgan fingerprint density at radius 2 is 0.884 bits per heavy atom. The summed E-state index contributed by atoms with van der Waals surface area (Å²) in [6, 6.07) is 0. The van der Waals surface area contributed by atoms with Crippen molar-refractivity contribution in [1.82, 2.24) is 0 Å². The van der Waals surface area contributed by atoms with Crippen molar-refractivity contribution in [2.75, 3.05) is 26.4 Å². The van der Waals surface area contributed by atoms with Crippen LogP contribution in [0.15, 0.2) is 0 Å². The maximum absolute atomic E-state index is 12.5. The molecule has 0 spiro atoms. The summed E-state index contributed by atoms with van der Waals surface area (Å²) >= 11 is 0. The molecule has 2 fully saturated rings. The molecule has 3 atom stereocenters. The lowest BCUT2D eigenvalue weighted by atomic mass is 10.1. The van der Waals surface area contributed by atoms with E-state index in [1.807, 2.05) is 0 Å². The van der Waals surface area contributed by atoms with Crippen LogP contribution in [0.4, 0.5) is 0 Å². The largest absolute Gasteiger partial charge is 0.462 e. The van der Waals surface area contributed by atoms with Crippen LogP contribution in [0.25, 0.3) is 0 Å². The second-order valence-electron chi connectivity index (χ2n) is 12.6. The lowest BCUT2D eigenvalue weighted by Crippen LogP contribution is -2.30. The summed E-state index contributed by atoms with van der Waals surface area (Å²) in [6.07, 6.45) is 24.5. The number of rotatable bonds is 31. The van der Waals surface area contributed by atoms with Gasteiger partial charge in [0.05, 0.1) is 25.4 Å². The van der Waals surface area contributed by atoms with Crippen LogP contribution in [0.5, 0.6) is 0 Å². The van der Waals surface area contributed by atoms with Crippen molar-refractivity contribution in [2.24, 2.45) is 0 Å². The maximum atomic E-state index is 12.5. The number of ether oxygens (including phenoxy) is 5. The molecule has 0 saturated carbocycles. The topological polar surface area (TPSA) is 104 Å². The first kappa shape index (κ1) is 37.5. The van der Waals surface area contributed by atoms with Gasteiger partial charge in [-0.1, -0.05) is 110 Å². The van der Waals surface area contributed by atoms with E-state index in [1.54, 1.807) is 0 Å². The Hall–Kier alpha value is -1.67. The molecular weight excluding hydrogens is 548 g/mol. The second-order valence-corrected chi connectivity index (χ2v) is 12.6. The molecule has 8 heteroatoms. The molecule has 0 N–H and O–H groups in total. The van der Waals surface area contributed by atoms with Crippen molar-refractivity contribution >= 4 is 17.9 Å². The zero-order valence-corrected chi connectivity index (χ0v) is 27.3. The van der Waals surface area contributed by atoms with Crippen LogP contribution in [0.2, 0.25) is 0 Å². The fourth-order valence-electron chi connectivity index (χ4n) is 5.27. The van der Waals surface area contributed by atoms with Gasteiger partial charge in [-0.15, -0.1) is 0 Å². The highest BCUT2D eigenvalue weighted by Gasteiger charge is 2.22. The molecule has 0 aliphatic carbocycles. The monoisotopic (exact) mass is 610 g/mol. The highest BCUT2D eigenvalue weighted by atomic mass is 16.6. The fraction of sp³-hybridized carbons (Fsp3) is 0.914. The summed E-state index contributed by atoms with van der Waals surface area (Å²) < 4.78 is 26.9. The van der Waals surface area contributed by atoms with E-state index in [0.29, 0.717) is 31.5 Å². The predicted molar refractivity (Wildman–Crippen MR) is 168 cm³/mol. The van der Waals surface area contributed by atoms with Crippen LogP contribution in [0.1, 0.15) is 161 Å². The molecule has 0 aromatic rings. The number of esters is 3. The number of hydrogen-bond acceptors (Lipinski definition) is 8. The zero-order chi connectivity index (χ0) is 30.8. The van der Waals surface area contributed by atoms with Crippen LogP contribution in [-0.4, -0.2) is 62.6 Å². The molecule has 2 aliphatic rings. The van der Waals surface area contributed by atoms with Crippen molar-refractivity contribution in [2.45, 2.75) is 179 Å². The molecular formula is C35H62O8. The lowest BCUT2D eigenvalue weighted by Gasteiger charge is -2.18. The third kappa shape index (κ3) is 24.3. The number of carbonyl (C=O) groups is 3. The first-order valence-corrected chi connectivity index (χ1v) is 17.8. The van der Waals surface area contributed by atoms with Gasteiger partial charge in [-0.05, 0) is 32.1 Å². The molecule has 2 rings (SSSR count). The van der Waals surface area contributed by atoms with E-state index >= 15 is 0 Å². The third-order valence-electron chi connectivity index (χ3n) is 8.26. The first-order chi connectivity index (χ1) is 21.1. The van der Waals surface area contributed by atoms with Crippen molar-refractivity contribution in [1.29, 1.82) is 0 Å². The van der Waals surface area contributed by atoms with Crippen molar-refractivity contribution in [3.63, 3.8) is 0 Å². The smallest absolute Gasteiger partial charge is 0.306 e. The van der Waals surface area contributed by atoms with Crippen LogP contribution in [0, 0.1) is 0 Å². The normalized spacial score (nSPS) is 17.8. The Bertz CT molecular complexity index is 719. The molecule has 43 heavy (non-hydrogen) atoms. The highest BCUT2D eigenvalue weighted by molar-refractivity contribution is 5.71. The number of carbonyl (C=O) groups excluding carboxylic acids is 3. The van der Waals surface area contributed by atoms with E-state index < -0.39 is 6.10 Å². The van der Waals surface area contributed by atoms with Gasteiger partial charge < -0.3 is 23.7 Å². The van der Waals surface area contributed by atoms with Gasteiger partial charge in [0.2, 0.25) is 0 Å². The average molecular weight is 611 g/mol. The minimum absolute atomic E-state index is 0.0801. The summed E-state index contributed by atoms with van der Waals surface area (Å²) in [6.45, 7) is 3.89. The molecule has 8 nitrogen and oxygen atoms in total. The average Bonchev–Trinajstić information content (AvgIpc) is 3.93. The standard InChI is InChI=1S/C35H62O8/c1-2-3-4-5-6-7-8-13-18-23-33(36)41-28-32(43-35(38)25-20-15-10-12-17-22-31-27-40-31)29-42-34(37)24-19-14-9-11-16-21-30-26-39-30/h30-32H,2-29H2,1H3. The van der Waals surface area contributed by atoms with Crippen LogP contribution >= 0.6 is 0 Å². The first-order valence-electron chi connectivity index (χ1n) is 17.8. The van der Waals surface area contributed by atoms with Gasteiger partial charge in [0, 0.05) is 19.3 Å². The van der Waals surface area contributed by atoms with Crippen molar-refractivity contribution < 1.29 is 38.1 Å². The number of epoxide rings is 2. The Kier molecular flexibility index (Phi) is 22.4. The van der Waals surface area contributed by atoms with Gasteiger partial charge in [-0.2, -0.15) is 0 Å². The van der Waals surface area contributed by atoms with Gasteiger partial charge in [0.1, 0.15) is 13.2 Å². The summed E-state index contributed by atoms with van der Waals surface area (Å²) in [5.74, 6) is -0.927. The van der Waals surface area contributed by atoms with E-state index in [-0.39, 0.29) is 31.1 Å². The van der Waals surface area contributed by atoms with E-state index in [1.165, 1.54) is 51.4 Å². The zero-order valence-electron chi connectivity index (χ0n) is 27.3. The molecule has 0 radical (unpaired) electrons. The summed E-state index contributed by atoms with van der Waals surface area (Å²) in [5, 5.41) is 0. The van der Waals surface area contributed by atoms with E-state index in [4.69, 9.17) is 23.7 Å². The lowest BCUT2D eigenvalue weighted by molar-refractivity contribution is -0.167. The molecule has 2 aliphatic heterocycles. The fourth-order valence-corrected chi connectivity index (χ4v) is 5.27. The Morgan fingerprint density at radius 3 is 1.28 bits per heavy atom. The predicted octanol–water partition coefficient (Wildman–Crippen LogP) is 8.16.